The van der Waals surface area contributed by atoms with Crippen molar-refractivity contribution in [2.45, 2.75) is 0 Å². The molecule has 0 aliphatic rings. The summed E-state index contributed by atoms with van der Waals surface area (Å²) in [7, 11) is 1.44. The molecule has 4 heteroatoms. The summed E-state index contributed by atoms with van der Waals surface area (Å²) in [6.07, 6.45) is 1.56. The van der Waals surface area contributed by atoms with Crippen LogP contribution < -0.4 is 10.4 Å². The number of nitrogens with zero attached hydrogens (tertiary/aromatic N) is 1. The van der Waals surface area contributed by atoms with E-state index in [0.717, 1.165) is 9.20 Å². The first-order valence-corrected chi connectivity index (χ1v) is 3.46. The average molecular weight is 204 g/mol. The van der Waals surface area contributed by atoms with Crippen molar-refractivity contribution in [3.63, 3.8) is 0 Å². The molecule has 0 saturated heterocycles. The van der Waals surface area contributed by atoms with Gasteiger partial charge in [-0.05, 0) is 22.0 Å². The molecule has 0 unspecified atom stereocenters. The lowest BCUT2D eigenvalue weighted by Crippen LogP contribution is -2.22. The normalized spacial score (nSPS) is 9.40. The average Bonchev–Trinajstić information content (AvgIpc) is 1.94. The van der Waals surface area contributed by atoms with Gasteiger partial charge in [0.15, 0.2) is 0 Å². The third-order valence-electron chi connectivity index (χ3n) is 1.04. The van der Waals surface area contributed by atoms with E-state index < -0.39 is 0 Å². The number of aromatic nitrogens is 1. The zero-order valence-corrected chi connectivity index (χ0v) is 6.96. The van der Waals surface area contributed by atoms with Crippen LogP contribution in [0.5, 0.6) is 0 Å². The highest BCUT2D eigenvalue weighted by Crippen LogP contribution is 2.03. The van der Waals surface area contributed by atoms with Gasteiger partial charge in [-0.2, -0.15) is 4.73 Å². The Morgan fingerprint density at radius 2 is 2.30 bits per heavy atom. The van der Waals surface area contributed by atoms with Crippen LogP contribution in [0.2, 0.25) is 0 Å². The first kappa shape index (κ1) is 7.34. The molecule has 0 N–H and O–H groups in total. The van der Waals surface area contributed by atoms with E-state index in [9.17, 15) is 4.79 Å². The molecule has 0 atom stereocenters. The first-order valence-electron chi connectivity index (χ1n) is 2.67. The van der Waals surface area contributed by atoms with Crippen LogP contribution in [-0.4, -0.2) is 11.8 Å². The standard InChI is InChI=1S/C6H6BrNO2/c1-10-8-4-5(7)2-3-6(8)9/h2-4H,1H3. The molecule has 1 aromatic rings. The Bertz CT molecular complexity index is 281. The van der Waals surface area contributed by atoms with E-state index in [0.29, 0.717) is 0 Å². The monoisotopic (exact) mass is 203 g/mol. The number of pyridine rings is 1. The molecule has 0 saturated carbocycles. The third-order valence-corrected chi connectivity index (χ3v) is 1.51. The molecule has 0 fully saturated rings. The second-order valence-corrected chi connectivity index (χ2v) is 2.61. The molecule has 0 bridgehead atoms. The van der Waals surface area contributed by atoms with Gasteiger partial charge < -0.3 is 4.84 Å². The second-order valence-electron chi connectivity index (χ2n) is 1.69. The molecule has 1 heterocycles. The van der Waals surface area contributed by atoms with Crippen LogP contribution in [-0.2, 0) is 0 Å². The fourth-order valence-electron chi connectivity index (χ4n) is 0.586. The molecule has 1 aromatic heterocycles. The Balaban J connectivity index is 3.22. The molecule has 0 aliphatic heterocycles. The van der Waals surface area contributed by atoms with Crippen molar-refractivity contribution >= 4 is 15.9 Å². The summed E-state index contributed by atoms with van der Waals surface area (Å²) in [5, 5.41) is 0. The van der Waals surface area contributed by atoms with Gasteiger partial charge in [-0.1, -0.05) is 0 Å². The van der Waals surface area contributed by atoms with Crippen molar-refractivity contribution in [3.05, 3.63) is 33.2 Å². The smallest absolute Gasteiger partial charge is 0.283 e. The maximum absolute atomic E-state index is 10.8. The quantitative estimate of drug-likeness (QED) is 0.673. The maximum atomic E-state index is 10.8. The summed E-state index contributed by atoms with van der Waals surface area (Å²) in [4.78, 5) is 15.5. The molecule has 0 aliphatic carbocycles. The molecular weight excluding hydrogens is 198 g/mol. The topological polar surface area (TPSA) is 31.2 Å². The maximum Gasteiger partial charge on any atom is 0.283 e. The fraction of sp³-hybridized carbons (Fsp3) is 0.167. The Labute approximate surface area is 66.3 Å². The predicted molar refractivity (Wildman–Crippen MR) is 40.9 cm³/mol. The van der Waals surface area contributed by atoms with Crippen LogP contribution in [0.15, 0.2) is 27.6 Å². The second kappa shape index (κ2) is 2.88. The zero-order valence-electron chi connectivity index (χ0n) is 5.37. The van der Waals surface area contributed by atoms with Gasteiger partial charge in [0.1, 0.15) is 7.11 Å². The number of hydrogen-bond donors (Lipinski definition) is 0. The van der Waals surface area contributed by atoms with Crippen LogP contribution >= 0.6 is 15.9 Å². The summed E-state index contributed by atoms with van der Waals surface area (Å²) < 4.78 is 1.96. The van der Waals surface area contributed by atoms with Crippen LogP contribution in [0.1, 0.15) is 0 Å². The molecule has 3 nitrogen and oxygen atoms in total. The Morgan fingerprint density at radius 1 is 1.60 bits per heavy atom. The van der Waals surface area contributed by atoms with Crippen molar-refractivity contribution < 1.29 is 4.84 Å². The summed E-state index contributed by atoms with van der Waals surface area (Å²) in [5.74, 6) is 0. The minimum absolute atomic E-state index is 0.175. The Kier molecular flexibility index (Phi) is 2.11. The van der Waals surface area contributed by atoms with E-state index in [1.807, 2.05) is 0 Å². The number of rotatable bonds is 1. The summed E-state index contributed by atoms with van der Waals surface area (Å²) >= 11 is 3.20. The Hall–Kier alpha value is -0.770. The van der Waals surface area contributed by atoms with E-state index in [1.54, 1.807) is 12.3 Å². The first-order chi connectivity index (χ1) is 4.74. The highest BCUT2D eigenvalue weighted by atomic mass is 79.9. The van der Waals surface area contributed by atoms with Gasteiger partial charge in [0.05, 0.1) is 6.20 Å². The molecule has 10 heavy (non-hydrogen) atoms. The van der Waals surface area contributed by atoms with Gasteiger partial charge in [0.25, 0.3) is 5.56 Å². The third kappa shape index (κ3) is 1.39. The van der Waals surface area contributed by atoms with Crippen LogP contribution in [0.4, 0.5) is 0 Å². The lowest BCUT2D eigenvalue weighted by molar-refractivity contribution is 0.156. The van der Waals surface area contributed by atoms with Crippen LogP contribution in [0, 0.1) is 0 Å². The fourth-order valence-corrected chi connectivity index (χ4v) is 0.904. The summed E-state index contributed by atoms with van der Waals surface area (Å²) in [6, 6.07) is 3.09. The van der Waals surface area contributed by atoms with E-state index in [2.05, 4.69) is 15.9 Å². The molecular formula is C6H6BrNO2. The highest BCUT2D eigenvalue weighted by molar-refractivity contribution is 9.10. The lowest BCUT2D eigenvalue weighted by Gasteiger charge is -2.00. The van der Waals surface area contributed by atoms with Crippen molar-refractivity contribution in [2.75, 3.05) is 7.11 Å². The predicted octanol–water partition coefficient (Wildman–Crippen LogP) is 0.669. The van der Waals surface area contributed by atoms with Crippen LogP contribution in [0.3, 0.4) is 0 Å². The molecule has 0 amide bonds. The minimum Gasteiger partial charge on any atom is -0.414 e. The van der Waals surface area contributed by atoms with Crippen LogP contribution in [0.25, 0.3) is 0 Å². The Morgan fingerprint density at radius 3 is 2.80 bits per heavy atom. The van der Waals surface area contributed by atoms with Gasteiger partial charge >= 0.3 is 0 Å². The minimum atomic E-state index is -0.175. The number of halogens is 1. The largest absolute Gasteiger partial charge is 0.414 e. The molecule has 0 aromatic carbocycles. The van der Waals surface area contributed by atoms with Gasteiger partial charge in [-0.3, -0.25) is 4.79 Å². The van der Waals surface area contributed by atoms with Crippen molar-refractivity contribution in [2.24, 2.45) is 0 Å². The van der Waals surface area contributed by atoms with Gasteiger partial charge in [-0.25, -0.2) is 0 Å². The van der Waals surface area contributed by atoms with Crippen molar-refractivity contribution in [1.82, 2.24) is 4.73 Å². The van der Waals surface area contributed by atoms with Gasteiger partial charge in [-0.15, -0.1) is 0 Å². The van der Waals surface area contributed by atoms with E-state index in [4.69, 9.17) is 4.84 Å². The highest BCUT2D eigenvalue weighted by Gasteiger charge is 1.92. The van der Waals surface area contributed by atoms with Crippen molar-refractivity contribution in [3.8, 4) is 0 Å². The summed E-state index contributed by atoms with van der Waals surface area (Å²) in [6.45, 7) is 0. The number of hydrogen-bond acceptors (Lipinski definition) is 2. The molecule has 1 rings (SSSR count). The summed E-state index contributed by atoms with van der Waals surface area (Å²) in [5.41, 5.74) is -0.175. The van der Waals surface area contributed by atoms with Crippen molar-refractivity contribution in [1.29, 1.82) is 0 Å². The molecule has 0 spiro atoms. The lowest BCUT2D eigenvalue weighted by atomic mass is 10.5. The van der Waals surface area contributed by atoms with E-state index in [1.165, 1.54) is 13.2 Å². The van der Waals surface area contributed by atoms with Gasteiger partial charge in [0, 0.05) is 10.5 Å². The zero-order chi connectivity index (χ0) is 7.56. The van der Waals surface area contributed by atoms with E-state index >= 15 is 0 Å². The van der Waals surface area contributed by atoms with Gasteiger partial charge in [0.2, 0.25) is 0 Å². The SMILES string of the molecule is COn1cc(Br)ccc1=O. The molecule has 54 valence electrons. The molecule has 0 radical (unpaired) electrons. The van der Waals surface area contributed by atoms with E-state index in [-0.39, 0.29) is 5.56 Å².